The Balaban J connectivity index is 2.72. The highest BCUT2D eigenvalue weighted by molar-refractivity contribution is 7.89. The first-order chi connectivity index (χ1) is 8.50. The maximum Gasteiger partial charge on any atom is 0.244 e. The van der Waals surface area contributed by atoms with Crippen LogP contribution in [0.4, 0.5) is 5.69 Å². The predicted octanol–water partition coefficient (Wildman–Crippen LogP) is 1.02. The molecule has 0 saturated carbocycles. The Morgan fingerprint density at radius 2 is 1.83 bits per heavy atom. The van der Waals surface area contributed by atoms with Crippen molar-refractivity contribution >= 4 is 15.7 Å². The number of anilines is 1. The Morgan fingerprint density at radius 1 is 1.17 bits per heavy atom. The van der Waals surface area contributed by atoms with Gasteiger partial charge in [0.05, 0.1) is 5.69 Å². The highest BCUT2D eigenvalue weighted by atomic mass is 32.2. The molecule has 0 fully saturated rings. The SMILES string of the molecule is CN(CCCCCN)S(=O)(=O)c1ccccc1N. The Kier molecular flexibility index (Phi) is 5.58. The van der Waals surface area contributed by atoms with Crippen LogP contribution >= 0.6 is 0 Å². The van der Waals surface area contributed by atoms with E-state index in [4.69, 9.17) is 11.5 Å². The Hall–Kier alpha value is -1.11. The average molecular weight is 271 g/mol. The molecule has 0 saturated heterocycles. The molecular formula is C12H21N3O2S. The van der Waals surface area contributed by atoms with E-state index in [9.17, 15) is 8.42 Å². The summed E-state index contributed by atoms with van der Waals surface area (Å²) in [5.74, 6) is 0. The summed E-state index contributed by atoms with van der Waals surface area (Å²) < 4.78 is 25.8. The van der Waals surface area contributed by atoms with Gasteiger partial charge in [-0.25, -0.2) is 12.7 Å². The maximum atomic E-state index is 12.2. The molecule has 0 radical (unpaired) electrons. The number of para-hydroxylation sites is 1. The summed E-state index contributed by atoms with van der Waals surface area (Å²) in [6.45, 7) is 1.12. The van der Waals surface area contributed by atoms with Gasteiger partial charge in [0.25, 0.3) is 0 Å². The topological polar surface area (TPSA) is 89.4 Å². The minimum atomic E-state index is -3.48. The van der Waals surface area contributed by atoms with Crippen molar-refractivity contribution in [3.05, 3.63) is 24.3 Å². The van der Waals surface area contributed by atoms with Gasteiger partial charge in [-0.1, -0.05) is 18.6 Å². The summed E-state index contributed by atoms with van der Waals surface area (Å²) in [6, 6.07) is 6.51. The van der Waals surface area contributed by atoms with Crippen LogP contribution in [0.2, 0.25) is 0 Å². The fraction of sp³-hybridized carbons (Fsp3) is 0.500. The van der Waals surface area contributed by atoms with E-state index in [1.54, 1.807) is 25.2 Å². The van der Waals surface area contributed by atoms with E-state index < -0.39 is 10.0 Å². The van der Waals surface area contributed by atoms with Crippen molar-refractivity contribution < 1.29 is 8.42 Å². The van der Waals surface area contributed by atoms with Crippen LogP contribution in [0.3, 0.4) is 0 Å². The zero-order valence-corrected chi connectivity index (χ0v) is 11.5. The lowest BCUT2D eigenvalue weighted by atomic mass is 10.2. The van der Waals surface area contributed by atoms with Gasteiger partial charge in [0, 0.05) is 13.6 Å². The summed E-state index contributed by atoms with van der Waals surface area (Å²) in [4.78, 5) is 0.173. The van der Waals surface area contributed by atoms with E-state index >= 15 is 0 Å². The minimum absolute atomic E-state index is 0.173. The number of hydrogen-bond acceptors (Lipinski definition) is 4. The molecule has 0 aliphatic carbocycles. The number of benzene rings is 1. The molecule has 5 nitrogen and oxygen atoms in total. The van der Waals surface area contributed by atoms with Crippen molar-refractivity contribution in [3.63, 3.8) is 0 Å². The molecule has 6 heteroatoms. The number of hydrogen-bond donors (Lipinski definition) is 2. The first kappa shape index (κ1) is 14.9. The number of nitrogens with two attached hydrogens (primary N) is 2. The van der Waals surface area contributed by atoms with Crippen molar-refractivity contribution in [2.24, 2.45) is 5.73 Å². The summed E-state index contributed by atoms with van der Waals surface area (Å²) in [7, 11) is -1.91. The largest absolute Gasteiger partial charge is 0.398 e. The van der Waals surface area contributed by atoms with Gasteiger partial charge in [0.1, 0.15) is 4.90 Å². The lowest BCUT2D eigenvalue weighted by Crippen LogP contribution is -2.28. The van der Waals surface area contributed by atoms with Crippen LogP contribution in [0.1, 0.15) is 19.3 Å². The molecule has 0 aliphatic rings. The molecule has 0 heterocycles. The highest BCUT2D eigenvalue weighted by Crippen LogP contribution is 2.21. The molecule has 1 aromatic carbocycles. The fourth-order valence-electron chi connectivity index (χ4n) is 1.66. The number of nitrogen functional groups attached to an aromatic ring is 1. The van der Waals surface area contributed by atoms with Crippen LogP contribution in [-0.2, 0) is 10.0 Å². The molecule has 102 valence electrons. The van der Waals surface area contributed by atoms with Crippen molar-refractivity contribution in [1.29, 1.82) is 0 Å². The smallest absolute Gasteiger partial charge is 0.244 e. The van der Waals surface area contributed by atoms with Gasteiger partial charge in [-0.05, 0) is 31.5 Å². The predicted molar refractivity (Wildman–Crippen MR) is 73.6 cm³/mol. The molecule has 0 aromatic heterocycles. The number of rotatable bonds is 7. The van der Waals surface area contributed by atoms with Crippen LogP contribution in [0, 0.1) is 0 Å². The average Bonchev–Trinajstić information content (AvgIpc) is 2.34. The van der Waals surface area contributed by atoms with Gasteiger partial charge in [0.15, 0.2) is 0 Å². The van der Waals surface area contributed by atoms with E-state index in [2.05, 4.69) is 0 Å². The second kappa shape index (κ2) is 6.72. The molecule has 0 atom stereocenters. The number of nitrogens with zero attached hydrogens (tertiary/aromatic N) is 1. The third kappa shape index (κ3) is 3.69. The van der Waals surface area contributed by atoms with Gasteiger partial charge in [-0.3, -0.25) is 0 Å². The minimum Gasteiger partial charge on any atom is -0.398 e. The van der Waals surface area contributed by atoms with Crippen LogP contribution < -0.4 is 11.5 Å². The zero-order valence-electron chi connectivity index (χ0n) is 10.7. The van der Waals surface area contributed by atoms with Crippen molar-refractivity contribution in [2.45, 2.75) is 24.2 Å². The first-order valence-electron chi connectivity index (χ1n) is 6.01. The molecule has 1 aromatic rings. The number of unbranched alkanes of at least 4 members (excludes halogenated alkanes) is 2. The van der Waals surface area contributed by atoms with E-state index in [1.807, 2.05) is 0 Å². The van der Waals surface area contributed by atoms with E-state index in [1.165, 1.54) is 10.4 Å². The molecule has 4 N–H and O–H groups in total. The molecule has 1 rings (SSSR count). The number of sulfonamides is 1. The van der Waals surface area contributed by atoms with Crippen LogP contribution in [0.15, 0.2) is 29.2 Å². The monoisotopic (exact) mass is 271 g/mol. The van der Waals surface area contributed by atoms with Crippen molar-refractivity contribution in [2.75, 3.05) is 25.9 Å². The zero-order chi connectivity index (χ0) is 13.6. The highest BCUT2D eigenvalue weighted by Gasteiger charge is 2.22. The molecule has 0 unspecified atom stereocenters. The van der Waals surface area contributed by atoms with Gasteiger partial charge in [-0.15, -0.1) is 0 Å². The van der Waals surface area contributed by atoms with Crippen LogP contribution in [-0.4, -0.2) is 32.9 Å². The lowest BCUT2D eigenvalue weighted by Gasteiger charge is -2.18. The first-order valence-corrected chi connectivity index (χ1v) is 7.45. The quantitative estimate of drug-likeness (QED) is 0.572. The fourth-order valence-corrected chi connectivity index (χ4v) is 2.98. The van der Waals surface area contributed by atoms with Crippen molar-refractivity contribution in [3.8, 4) is 0 Å². The van der Waals surface area contributed by atoms with E-state index in [0.29, 0.717) is 13.1 Å². The normalized spacial score (nSPS) is 11.9. The van der Waals surface area contributed by atoms with E-state index in [0.717, 1.165) is 19.3 Å². The van der Waals surface area contributed by atoms with Crippen LogP contribution in [0.5, 0.6) is 0 Å². The molecule has 18 heavy (non-hydrogen) atoms. The Morgan fingerprint density at radius 3 is 2.44 bits per heavy atom. The molecular weight excluding hydrogens is 250 g/mol. The summed E-state index contributed by atoms with van der Waals surface area (Å²) in [5, 5.41) is 0. The van der Waals surface area contributed by atoms with Crippen molar-refractivity contribution in [1.82, 2.24) is 4.31 Å². The second-order valence-corrected chi connectivity index (χ2v) is 6.23. The van der Waals surface area contributed by atoms with Gasteiger partial charge in [-0.2, -0.15) is 0 Å². The maximum absolute atomic E-state index is 12.2. The molecule has 0 spiro atoms. The second-order valence-electron chi connectivity index (χ2n) is 4.21. The molecule has 0 aliphatic heterocycles. The molecule has 0 bridgehead atoms. The summed E-state index contributed by atoms with van der Waals surface area (Å²) in [6.07, 6.45) is 2.65. The third-order valence-electron chi connectivity index (χ3n) is 2.78. The Bertz CT molecular complexity index is 474. The van der Waals surface area contributed by atoms with Gasteiger partial charge < -0.3 is 11.5 Å². The summed E-state index contributed by atoms with van der Waals surface area (Å²) in [5.41, 5.74) is 11.4. The Labute approximate surface area is 109 Å². The van der Waals surface area contributed by atoms with Gasteiger partial charge in [0.2, 0.25) is 10.0 Å². The third-order valence-corrected chi connectivity index (χ3v) is 4.72. The van der Waals surface area contributed by atoms with E-state index in [-0.39, 0.29) is 10.6 Å². The van der Waals surface area contributed by atoms with Gasteiger partial charge >= 0.3 is 0 Å². The lowest BCUT2D eigenvalue weighted by molar-refractivity contribution is 0.453. The molecule has 0 amide bonds. The van der Waals surface area contributed by atoms with Crippen LogP contribution in [0.25, 0.3) is 0 Å². The standard InChI is InChI=1S/C12H21N3O2S/c1-15(10-6-2-5-9-13)18(16,17)12-8-4-3-7-11(12)14/h3-4,7-8H,2,5-6,9-10,13-14H2,1H3. The summed E-state index contributed by atoms with van der Waals surface area (Å²) >= 11 is 0.